The third-order valence-corrected chi connectivity index (χ3v) is 5.79. The van der Waals surface area contributed by atoms with Gasteiger partial charge in [-0.15, -0.1) is 11.8 Å². The van der Waals surface area contributed by atoms with Gasteiger partial charge in [-0.1, -0.05) is 12.1 Å². The highest BCUT2D eigenvalue weighted by Crippen LogP contribution is 2.19. The number of halogens is 1. The topological polar surface area (TPSA) is 58.2 Å². The molecule has 1 atom stereocenters. The van der Waals surface area contributed by atoms with Gasteiger partial charge < -0.3 is 10.6 Å². The van der Waals surface area contributed by atoms with Crippen LogP contribution in [0.1, 0.15) is 16.8 Å². The van der Waals surface area contributed by atoms with Crippen molar-refractivity contribution in [3.63, 3.8) is 0 Å². The van der Waals surface area contributed by atoms with Crippen LogP contribution in [0.5, 0.6) is 0 Å². The molecule has 0 aliphatic carbocycles. The van der Waals surface area contributed by atoms with Gasteiger partial charge in [0.25, 0.3) is 5.91 Å². The van der Waals surface area contributed by atoms with Crippen LogP contribution in [0.4, 0.5) is 5.69 Å². The van der Waals surface area contributed by atoms with E-state index >= 15 is 0 Å². The predicted molar refractivity (Wildman–Crippen MR) is 115 cm³/mol. The molecule has 0 spiro atoms. The van der Waals surface area contributed by atoms with Gasteiger partial charge in [0.15, 0.2) is 0 Å². The number of amides is 2. The van der Waals surface area contributed by atoms with Gasteiger partial charge in [0.2, 0.25) is 5.91 Å². The molecule has 2 amide bonds. The minimum atomic E-state index is -0.595. The summed E-state index contributed by atoms with van der Waals surface area (Å²) in [6, 6.07) is 14.2. The highest BCUT2D eigenvalue weighted by molar-refractivity contribution is 9.10. The second kappa shape index (κ2) is 10.6. The van der Waals surface area contributed by atoms with E-state index in [0.717, 1.165) is 16.3 Å². The van der Waals surface area contributed by atoms with Gasteiger partial charge in [0.1, 0.15) is 6.04 Å². The molecule has 0 aliphatic heterocycles. The molecule has 0 saturated carbocycles. The fourth-order valence-corrected chi connectivity index (χ4v) is 3.63. The predicted octanol–water partition coefficient (Wildman–Crippen LogP) is 4.66. The molecule has 26 heavy (non-hydrogen) atoms. The molecule has 0 aromatic heterocycles. The van der Waals surface area contributed by atoms with Crippen molar-refractivity contribution in [1.29, 1.82) is 0 Å². The van der Waals surface area contributed by atoms with Crippen LogP contribution in [0.3, 0.4) is 0 Å². The summed E-state index contributed by atoms with van der Waals surface area (Å²) in [5, 5.41) is 5.74. The molecule has 2 rings (SSSR count). The Morgan fingerprint density at radius 2 is 1.77 bits per heavy atom. The van der Waals surface area contributed by atoms with E-state index in [-0.39, 0.29) is 11.8 Å². The van der Waals surface area contributed by atoms with E-state index in [1.807, 2.05) is 42.8 Å². The maximum Gasteiger partial charge on any atom is 0.253 e. The number of carbonyl (C=O) groups is 2. The van der Waals surface area contributed by atoms with Crippen molar-refractivity contribution in [2.45, 2.75) is 17.4 Å². The van der Waals surface area contributed by atoms with E-state index in [4.69, 9.17) is 0 Å². The lowest BCUT2D eigenvalue weighted by molar-refractivity contribution is -0.118. The maximum atomic E-state index is 12.7. The molecule has 4 nitrogen and oxygen atoms in total. The number of hydrogen-bond acceptors (Lipinski definition) is 4. The normalized spacial score (nSPS) is 11.7. The van der Waals surface area contributed by atoms with E-state index in [0.29, 0.717) is 16.5 Å². The third kappa shape index (κ3) is 6.07. The zero-order valence-electron chi connectivity index (χ0n) is 14.6. The van der Waals surface area contributed by atoms with Crippen molar-refractivity contribution in [1.82, 2.24) is 5.32 Å². The van der Waals surface area contributed by atoms with E-state index in [2.05, 4.69) is 26.6 Å². The van der Waals surface area contributed by atoms with Crippen molar-refractivity contribution in [3.05, 3.63) is 58.6 Å². The molecule has 0 saturated heterocycles. The third-order valence-electron chi connectivity index (χ3n) is 3.71. The van der Waals surface area contributed by atoms with Gasteiger partial charge in [0.05, 0.1) is 5.56 Å². The van der Waals surface area contributed by atoms with Crippen molar-refractivity contribution in [2.24, 2.45) is 0 Å². The second-order valence-corrected chi connectivity index (χ2v) is 8.22. The van der Waals surface area contributed by atoms with Gasteiger partial charge in [0, 0.05) is 15.1 Å². The van der Waals surface area contributed by atoms with Crippen LogP contribution in [0, 0.1) is 0 Å². The van der Waals surface area contributed by atoms with E-state index in [9.17, 15) is 9.59 Å². The van der Waals surface area contributed by atoms with Crippen LogP contribution in [0.2, 0.25) is 0 Å². The van der Waals surface area contributed by atoms with Gasteiger partial charge >= 0.3 is 0 Å². The summed E-state index contributed by atoms with van der Waals surface area (Å²) in [6.07, 6.45) is 4.54. The Bertz CT molecular complexity index is 753. The molecule has 1 unspecified atom stereocenters. The second-order valence-electron chi connectivity index (χ2n) is 5.51. The summed E-state index contributed by atoms with van der Waals surface area (Å²) in [5.74, 6) is 0.299. The standard InChI is InChI=1S/C19H21BrN2O2S2/c1-25-12-11-17(22-18(23)15-5-3-4-6-16(15)20)19(24)21-13-7-9-14(26-2)10-8-13/h3-10,17H,11-12H2,1-2H3,(H,21,24)(H,22,23). The lowest BCUT2D eigenvalue weighted by atomic mass is 10.1. The number of thioether (sulfide) groups is 2. The van der Waals surface area contributed by atoms with Crippen LogP contribution in [0.15, 0.2) is 57.9 Å². The number of rotatable bonds is 8. The summed E-state index contributed by atoms with van der Waals surface area (Å²) in [4.78, 5) is 26.4. The molecule has 138 valence electrons. The molecule has 0 aliphatic rings. The molecule has 0 fully saturated rings. The first-order chi connectivity index (χ1) is 12.5. The molecule has 7 heteroatoms. The molecule has 0 bridgehead atoms. The molecule has 0 radical (unpaired) electrons. The first-order valence-electron chi connectivity index (χ1n) is 8.04. The van der Waals surface area contributed by atoms with E-state index in [1.54, 1.807) is 41.7 Å². The zero-order chi connectivity index (χ0) is 18.9. The monoisotopic (exact) mass is 452 g/mol. The van der Waals surface area contributed by atoms with Crippen LogP contribution in [-0.2, 0) is 4.79 Å². The average Bonchev–Trinajstić information content (AvgIpc) is 2.65. The molecule has 2 aromatic rings. The van der Waals surface area contributed by atoms with Gasteiger partial charge in [-0.25, -0.2) is 0 Å². The first kappa shape index (κ1) is 20.9. The number of carbonyl (C=O) groups excluding carboxylic acids is 2. The number of hydrogen-bond donors (Lipinski definition) is 2. The largest absolute Gasteiger partial charge is 0.340 e. The Morgan fingerprint density at radius 1 is 1.08 bits per heavy atom. The summed E-state index contributed by atoms with van der Waals surface area (Å²) in [5.41, 5.74) is 1.23. The van der Waals surface area contributed by atoms with Crippen molar-refractivity contribution < 1.29 is 9.59 Å². The van der Waals surface area contributed by atoms with Crippen molar-refractivity contribution in [3.8, 4) is 0 Å². The number of nitrogens with one attached hydrogen (secondary N) is 2. The summed E-state index contributed by atoms with van der Waals surface area (Å²) < 4.78 is 0.703. The maximum absolute atomic E-state index is 12.7. The molecular weight excluding hydrogens is 432 g/mol. The Labute approximate surface area is 171 Å². The van der Waals surface area contributed by atoms with Crippen LogP contribution < -0.4 is 10.6 Å². The summed E-state index contributed by atoms with van der Waals surface area (Å²) in [7, 11) is 0. The summed E-state index contributed by atoms with van der Waals surface area (Å²) >= 11 is 6.66. The molecule has 2 aromatic carbocycles. The lowest BCUT2D eigenvalue weighted by Gasteiger charge is -2.19. The van der Waals surface area contributed by atoms with E-state index < -0.39 is 6.04 Å². The Balaban J connectivity index is 2.08. The van der Waals surface area contributed by atoms with Crippen LogP contribution in [-0.4, -0.2) is 36.1 Å². The van der Waals surface area contributed by atoms with Gasteiger partial charge in [-0.05, 0) is 77.0 Å². The first-order valence-corrected chi connectivity index (χ1v) is 11.5. The Hall–Kier alpha value is -1.44. The number of benzene rings is 2. The molecular formula is C19H21BrN2O2S2. The minimum Gasteiger partial charge on any atom is -0.340 e. The Morgan fingerprint density at radius 3 is 2.38 bits per heavy atom. The highest BCUT2D eigenvalue weighted by Gasteiger charge is 2.22. The van der Waals surface area contributed by atoms with Crippen LogP contribution >= 0.6 is 39.5 Å². The van der Waals surface area contributed by atoms with Crippen molar-refractivity contribution >= 4 is 57.0 Å². The quantitative estimate of drug-likeness (QED) is 0.571. The smallest absolute Gasteiger partial charge is 0.253 e. The number of anilines is 1. The fourth-order valence-electron chi connectivity index (χ4n) is 2.29. The SMILES string of the molecule is CSCCC(NC(=O)c1ccccc1Br)C(=O)Nc1ccc(SC)cc1. The Kier molecular flexibility index (Phi) is 8.54. The summed E-state index contributed by atoms with van der Waals surface area (Å²) in [6.45, 7) is 0. The zero-order valence-corrected chi connectivity index (χ0v) is 17.8. The van der Waals surface area contributed by atoms with Crippen LogP contribution in [0.25, 0.3) is 0 Å². The van der Waals surface area contributed by atoms with Gasteiger partial charge in [-0.3, -0.25) is 9.59 Å². The highest BCUT2D eigenvalue weighted by atomic mass is 79.9. The lowest BCUT2D eigenvalue weighted by Crippen LogP contribution is -2.44. The van der Waals surface area contributed by atoms with E-state index in [1.165, 1.54) is 0 Å². The van der Waals surface area contributed by atoms with Crippen molar-refractivity contribution in [2.75, 3.05) is 23.6 Å². The van der Waals surface area contributed by atoms with Gasteiger partial charge in [-0.2, -0.15) is 11.8 Å². The molecule has 2 N–H and O–H groups in total. The molecule has 0 heterocycles. The fraction of sp³-hybridized carbons (Fsp3) is 0.263. The minimum absolute atomic E-state index is 0.212. The average molecular weight is 453 g/mol.